The van der Waals surface area contributed by atoms with E-state index in [0.29, 0.717) is 4.73 Å². The van der Waals surface area contributed by atoms with Gasteiger partial charge in [0.1, 0.15) is 0 Å². The first-order valence-electron chi connectivity index (χ1n) is 4.23. The summed E-state index contributed by atoms with van der Waals surface area (Å²) < 4.78 is 6.55. The van der Waals surface area contributed by atoms with Crippen LogP contribution < -0.4 is 0 Å². The van der Waals surface area contributed by atoms with Crippen LogP contribution in [0.2, 0.25) is 0 Å². The van der Waals surface area contributed by atoms with Crippen LogP contribution in [-0.4, -0.2) is 19.1 Å². The van der Waals surface area contributed by atoms with E-state index in [4.69, 9.17) is 0 Å². The predicted octanol–water partition coefficient (Wildman–Crippen LogP) is 2.26. The molecule has 0 N–H and O–H groups in total. The number of nitrogens with zero attached hydrogens (tertiary/aromatic N) is 4. The third-order valence-electron chi connectivity index (χ3n) is 1.91. The molecule has 74 valence electrons. The molecule has 0 spiro atoms. The summed E-state index contributed by atoms with van der Waals surface area (Å²) in [5, 5.41) is 5.25. The van der Waals surface area contributed by atoms with E-state index in [9.17, 15) is 0 Å². The van der Waals surface area contributed by atoms with Crippen LogP contribution in [0.4, 0.5) is 0 Å². The lowest BCUT2D eigenvalue weighted by atomic mass is 10.3. The Balaban J connectivity index is 2.45. The number of rotatable bonds is 2. The Morgan fingerprint density at radius 1 is 1.57 bits per heavy atom. The van der Waals surface area contributed by atoms with Gasteiger partial charge in [-0.1, -0.05) is 6.92 Å². The molecule has 2 aromatic rings. The van der Waals surface area contributed by atoms with Crippen molar-refractivity contribution in [1.82, 2.24) is 19.1 Å². The van der Waals surface area contributed by atoms with Crippen molar-refractivity contribution < 1.29 is 0 Å². The van der Waals surface area contributed by atoms with Crippen LogP contribution in [0, 0.1) is 0 Å². The van der Waals surface area contributed by atoms with E-state index < -0.39 is 0 Å². The van der Waals surface area contributed by atoms with Gasteiger partial charge in [0.15, 0.2) is 5.01 Å². The molecular formula is C8H9BrN4S. The maximum absolute atomic E-state index is 4.36. The molecule has 14 heavy (non-hydrogen) atoms. The zero-order chi connectivity index (χ0) is 10.1. The second-order valence-corrected chi connectivity index (χ2v) is 4.33. The van der Waals surface area contributed by atoms with Gasteiger partial charge in [-0.3, -0.25) is 4.68 Å². The minimum Gasteiger partial charge on any atom is -0.265 e. The van der Waals surface area contributed by atoms with Gasteiger partial charge in [0.05, 0.1) is 11.4 Å². The fourth-order valence-electron chi connectivity index (χ4n) is 1.21. The van der Waals surface area contributed by atoms with Gasteiger partial charge in [-0.15, -0.1) is 0 Å². The molecule has 6 heteroatoms. The lowest BCUT2D eigenvalue weighted by Gasteiger charge is -1.93. The Morgan fingerprint density at radius 2 is 2.36 bits per heavy atom. The summed E-state index contributed by atoms with van der Waals surface area (Å²) in [5.41, 5.74) is 2.10. The van der Waals surface area contributed by atoms with Gasteiger partial charge in [0, 0.05) is 7.05 Å². The standard InChI is InChI=1S/C8H9BrN4S/c1-3-5-4-6(13(2)11-5)7-10-8(9)12-14-7/h4H,3H2,1-2H3. The molecule has 0 saturated heterocycles. The highest BCUT2D eigenvalue weighted by Gasteiger charge is 2.10. The third kappa shape index (κ3) is 1.72. The van der Waals surface area contributed by atoms with Gasteiger partial charge in [-0.25, -0.2) is 4.98 Å². The van der Waals surface area contributed by atoms with Crippen molar-refractivity contribution in [2.24, 2.45) is 7.05 Å². The molecule has 0 unspecified atom stereocenters. The summed E-state index contributed by atoms with van der Waals surface area (Å²) in [5.74, 6) is 0. The Hall–Kier alpha value is -0.750. The smallest absolute Gasteiger partial charge is 0.209 e. The summed E-state index contributed by atoms with van der Waals surface area (Å²) in [6, 6.07) is 2.05. The quantitative estimate of drug-likeness (QED) is 0.843. The molecule has 0 saturated carbocycles. The van der Waals surface area contributed by atoms with Crippen LogP contribution in [0.25, 0.3) is 10.7 Å². The molecule has 2 heterocycles. The third-order valence-corrected chi connectivity index (χ3v) is 3.24. The van der Waals surface area contributed by atoms with Crippen molar-refractivity contribution in [2.45, 2.75) is 13.3 Å². The average Bonchev–Trinajstić information content (AvgIpc) is 2.71. The van der Waals surface area contributed by atoms with E-state index in [0.717, 1.165) is 22.8 Å². The summed E-state index contributed by atoms with van der Waals surface area (Å²) >= 11 is 4.61. The van der Waals surface area contributed by atoms with Gasteiger partial charge in [-0.05, 0) is 39.9 Å². The minimum atomic E-state index is 0.636. The number of halogens is 1. The van der Waals surface area contributed by atoms with Gasteiger partial charge in [0.25, 0.3) is 0 Å². The Morgan fingerprint density at radius 3 is 2.86 bits per heavy atom. The molecule has 4 nitrogen and oxygen atoms in total. The highest BCUT2D eigenvalue weighted by molar-refractivity contribution is 9.10. The van der Waals surface area contributed by atoms with E-state index in [1.807, 2.05) is 17.8 Å². The first-order chi connectivity index (χ1) is 6.70. The molecule has 0 aliphatic heterocycles. The van der Waals surface area contributed by atoms with Crippen molar-refractivity contribution in [2.75, 3.05) is 0 Å². The van der Waals surface area contributed by atoms with Gasteiger partial charge >= 0.3 is 0 Å². The van der Waals surface area contributed by atoms with Crippen molar-refractivity contribution >= 4 is 27.5 Å². The monoisotopic (exact) mass is 272 g/mol. The van der Waals surface area contributed by atoms with Crippen LogP contribution in [0.5, 0.6) is 0 Å². The molecule has 2 aromatic heterocycles. The minimum absolute atomic E-state index is 0.636. The molecule has 2 rings (SSSR count). The number of hydrogen-bond donors (Lipinski definition) is 0. The summed E-state index contributed by atoms with van der Waals surface area (Å²) in [7, 11) is 1.92. The number of aromatic nitrogens is 4. The van der Waals surface area contributed by atoms with Crippen molar-refractivity contribution in [1.29, 1.82) is 0 Å². The van der Waals surface area contributed by atoms with Crippen molar-refractivity contribution in [3.63, 3.8) is 0 Å². The van der Waals surface area contributed by atoms with Crippen LogP contribution in [0.1, 0.15) is 12.6 Å². The lowest BCUT2D eigenvalue weighted by Crippen LogP contribution is -1.93. The van der Waals surface area contributed by atoms with Crippen molar-refractivity contribution in [3.05, 3.63) is 16.5 Å². The fraction of sp³-hybridized carbons (Fsp3) is 0.375. The molecule has 0 aromatic carbocycles. The topological polar surface area (TPSA) is 43.6 Å². The first-order valence-corrected chi connectivity index (χ1v) is 5.80. The van der Waals surface area contributed by atoms with E-state index in [1.54, 1.807) is 0 Å². The Bertz CT molecular complexity index is 448. The van der Waals surface area contributed by atoms with E-state index in [1.165, 1.54) is 11.5 Å². The maximum Gasteiger partial charge on any atom is 0.209 e. The van der Waals surface area contributed by atoms with Crippen LogP contribution >= 0.6 is 27.5 Å². The first kappa shape index (κ1) is 9.79. The average molecular weight is 273 g/mol. The van der Waals surface area contributed by atoms with Gasteiger partial charge in [-0.2, -0.15) is 9.47 Å². The lowest BCUT2D eigenvalue weighted by molar-refractivity contribution is 0.752. The van der Waals surface area contributed by atoms with E-state index >= 15 is 0 Å². The molecule has 0 bridgehead atoms. The van der Waals surface area contributed by atoms with Crippen LogP contribution in [0.15, 0.2) is 10.8 Å². The normalized spacial score (nSPS) is 10.8. The fourth-order valence-corrected chi connectivity index (χ4v) is 2.34. The van der Waals surface area contributed by atoms with Crippen LogP contribution in [-0.2, 0) is 13.5 Å². The highest BCUT2D eigenvalue weighted by atomic mass is 79.9. The Labute approximate surface area is 94.3 Å². The molecule has 0 aliphatic carbocycles. The molecule has 0 aliphatic rings. The molecule has 0 atom stereocenters. The van der Waals surface area contributed by atoms with Gasteiger partial charge < -0.3 is 0 Å². The zero-order valence-corrected chi connectivity index (χ0v) is 10.3. The Kier molecular flexibility index (Phi) is 2.64. The van der Waals surface area contributed by atoms with E-state index in [-0.39, 0.29) is 0 Å². The summed E-state index contributed by atoms with van der Waals surface area (Å²) in [4.78, 5) is 4.25. The largest absolute Gasteiger partial charge is 0.265 e. The SMILES string of the molecule is CCc1cc(-c2nc(Br)ns2)n(C)n1. The molecule has 0 radical (unpaired) electrons. The highest BCUT2D eigenvalue weighted by Crippen LogP contribution is 2.23. The van der Waals surface area contributed by atoms with Crippen LogP contribution in [0.3, 0.4) is 0 Å². The second kappa shape index (κ2) is 3.78. The molecule has 0 fully saturated rings. The maximum atomic E-state index is 4.36. The molecular weight excluding hydrogens is 264 g/mol. The van der Waals surface area contributed by atoms with Crippen molar-refractivity contribution in [3.8, 4) is 10.7 Å². The van der Waals surface area contributed by atoms with E-state index in [2.05, 4.69) is 37.3 Å². The number of hydrogen-bond acceptors (Lipinski definition) is 4. The summed E-state index contributed by atoms with van der Waals surface area (Å²) in [6.45, 7) is 2.09. The number of aryl methyl sites for hydroxylation is 2. The zero-order valence-electron chi connectivity index (χ0n) is 7.86. The van der Waals surface area contributed by atoms with Gasteiger partial charge in [0.2, 0.25) is 4.73 Å². The second-order valence-electron chi connectivity index (χ2n) is 2.87. The molecule has 0 amide bonds. The summed E-state index contributed by atoms with van der Waals surface area (Å²) in [6.07, 6.45) is 0.938. The predicted molar refractivity (Wildman–Crippen MR) is 59.2 cm³/mol.